The van der Waals surface area contributed by atoms with Gasteiger partial charge in [0, 0.05) is 18.8 Å². The Balaban J connectivity index is 1.54. The number of aromatic nitrogens is 1. The van der Waals surface area contributed by atoms with E-state index in [1.165, 1.54) is 31.2 Å². The van der Waals surface area contributed by atoms with Gasteiger partial charge in [0.25, 0.3) is 0 Å². The quantitative estimate of drug-likeness (QED) is 0.468. The zero-order chi connectivity index (χ0) is 22.4. The highest BCUT2D eigenvalue weighted by Crippen LogP contribution is 2.30. The second-order valence-electron chi connectivity index (χ2n) is 6.17. The van der Waals surface area contributed by atoms with Gasteiger partial charge in [0.05, 0.1) is 17.8 Å². The molecule has 0 atom stereocenters. The van der Waals surface area contributed by atoms with Gasteiger partial charge in [-0.25, -0.2) is 22.5 Å². The molecule has 0 aliphatic carbocycles. The van der Waals surface area contributed by atoms with Gasteiger partial charge >= 0.3 is 5.97 Å². The number of thiazole rings is 1. The van der Waals surface area contributed by atoms with Crippen LogP contribution < -0.4 is 9.62 Å². The first-order valence-corrected chi connectivity index (χ1v) is 12.2. The van der Waals surface area contributed by atoms with Gasteiger partial charge in [-0.05, 0) is 23.6 Å². The second-order valence-corrected chi connectivity index (χ2v) is 9.95. The van der Waals surface area contributed by atoms with E-state index in [0.717, 1.165) is 27.6 Å². The summed E-state index contributed by atoms with van der Waals surface area (Å²) in [5.41, 5.74) is 0.459. The molecule has 164 valence electrons. The molecule has 0 saturated carbocycles. The van der Waals surface area contributed by atoms with Gasteiger partial charge in [-0.15, -0.1) is 22.7 Å². The van der Waals surface area contributed by atoms with E-state index in [2.05, 4.69) is 9.71 Å². The number of rotatable bonds is 9. The van der Waals surface area contributed by atoms with Crippen LogP contribution >= 0.6 is 22.7 Å². The van der Waals surface area contributed by atoms with Crippen molar-refractivity contribution < 1.29 is 27.1 Å². The molecule has 0 saturated heterocycles. The summed E-state index contributed by atoms with van der Waals surface area (Å²) in [4.78, 5) is 29.3. The second kappa shape index (κ2) is 10.1. The fraction of sp³-hybridized carbons (Fsp3) is 0.211. The van der Waals surface area contributed by atoms with E-state index in [9.17, 15) is 22.4 Å². The average Bonchev–Trinajstić information content (AvgIpc) is 3.40. The summed E-state index contributed by atoms with van der Waals surface area (Å²) in [6.07, 6.45) is -0.156. The summed E-state index contributed by atoms with van der Waals surface area (Å²) in [5, 5.41) is 3.48. The number of para-hydroxylation sites is 1. The van der Waals surface area contributed by atoms with Crippen molar-refractivity contribution in [3.05, 3.63) is 58.7 Å². The molecule has 31 heavy (non-hydrogen) atoms. The number of esters is 1. The number of nitrogens with zero attached hydrogens (tertiary/aromatic N) is 2. The molecule has 2 heterocycles. The smallest absolute Gasteiger partial charge is 0.307 e. The van der Waals surface area contributed by atoms with Crippen LogP contribution in [0.2, 0.25) is 0 Å². The summed E-state index contributed by atoms with van der Waals surface area (Å²) < 4.78 is 45.7. The maximum absolute atomic E-state index is 14.1. The molecule has 8 nitrogen and oxygen atoms in total. The topological polar surface area (TPSA) is 106 Å². The van der Waals surface area contributed by atoms with Crippen LogP contribution in [-0.4, -0.2) is 31.8 Å². The maximum Gasteiger partial charge on any atom is 0.307 e. The number of anilines is 2. The number of halogens is 1. The zero-order valence-electron chi connectivity index (χ0n) is 16.3. The minimum Gasteiger partial charge on any atom is -0.459 e. The van der Waals surface area contributed by atoms with Crippen LogP contribution in [-0.2, 0) is 31.0 Å². The van der Waals surface area contributed by atoms with Crippen LogP contribution in [0.3, 0.4) is 0 Å². The molecule has 0 bridgehead atoms. The third-order valence-electron chi connectivity index (χ3n) is 3.90. The molecular weight excluding hydrogens is 465 g/mol. The van der Waals surface area contributed by atoms with E-state index in [-0.39, 0.29) is 34.6 Å². The summed E-state index contributed by atoms with van der Waals surface area (Å²) in [7, 11) is -3.64. The minimum atomic E-state index is -3.64. The van der Waals surface area contributed by atoms with Crippen molar-refractivity contribution in [2.24, 2.45) is 0 Å². The molecule has 0 aliphatic rings. The number of ether oxygens (including phenoxy) is 1. The standard InChI is InChI=1S/C19H18FN3O5S3/c1-13(24)23(16-6-3-2-5-15(16)20)19-22-14(12-30-19)11-28-17(25)8-9-21-31(26,27)18-7-4-10-29-18/h2-7,10,12,21H,8-9,11H2,1H3. The van der Waals surface area contributed by atoms with Gasteiger partial charge in [-0.1, -0.05) is 18.2 Å². The predicted octanol–water partition coefficient (Wildman–Crippen LogP) is 3.44. The number of carbonyl (C=O) groups excluding carboxylic acids is 2. The minimum absolute atomic E-state index is 0.0749. The number of sulfonamides is 1. The van der Waals surface area contributed by atoms with Gasteiger partial charge in [0.1, 0.15) is 16.6 Å². The van der Waals surface area contributed by atoms with Crippen molar-refractivity contribution in [3.63, 3.8) is 0 Å². The lowest BCUT2D eigenvalue weighted by Crippen LogP contribution is -2.26. The Hall–Kier alpha value is -2.67. The van der Waals surface area contributed by atoms with E-state index in [1.54, 1.807) is 22.9 Å². The van der Waals surface area contributed by atoms with Gasteiger partial charge in [-0.2, -0.15) is 0 Å². The highest BCUT2D eigenvalue weighted by molar-refractivity contribution is 7.91. The maximum atomic E-state index is 14.1. The summed E-state index contributed by atoms with van der Waals surface area (Å²) >= 11 is 2.18. The normalized spacial score (nSPS) is 11.3. The molecule has 12 heteroatoms. The molecule has 1 N–H and O–H groups in total. The third-order valence-corrected chi connectivity index (χ3v) is 7.63. The highest BCUT2D eigenvalue weighted by Gasteiger charge is 2.21. The van der Waals surface area contributed by atoms with Crippen molar-refractivity contribution in [2.45, 2.75) is 24.2 Å². The summed E-state index contributed by atoms with van der Waals surface area (Å²) in [6, 6.07) is 8.93. The molecule has 3 rings (SSSR count). The lowest BCUT2D eigenvalue weighted by molar-refractivity contribution is -0.144. The molecule has 2 aromatic heterocycles. The Bertz CT molecular complexity index is 1160. The monoisotopic (exact) mass is 483 g/mol. The molecular formula is C19H18FN3O5S3. The van der Waals surface area contributed by atoms with E-state index in [4.69, 9.17) is 4.74 Å². The Labute approximate surface area is 186 Å². The molecule has 0 fully saturated rings. The van der Waals surface area contributed by atoms with Crippen molar-refractivity contribution in [3.8, 4) is 0 Å². The Morgan fingerprint density at radius 2 is 1.97 bits per heavy atom. The largest absolute Gasteiger partial charge is 0.459 e. The summed E-state index contributed by atoms with van der Waals surface area (Å²) in [6.45, 7) is 1.04. The molecule has 0 unspecified atom stereocenters. The molecule has 0 aliphatic heterocycles. The van der Waals surface area contributed by atoms with Crippen LogP contribution in [0, 0.1) is 5.82 Å². The number of carbonyl (C=O) groups is 2. The Morgan fingerprint density at radius 1 is 1.19 bits per heavy atom. The highest BCUT2D eigenvalue weighted by atomic mass is 32.2. The number of amides is 1. The van der Waals surface area contributed by atoms with Gasteiger partial charge in [-0.3, -0.25) is 14.5 Å². The molecule has 0 spiro atoms. The van der Waals surface area contributed by atoms with Gasteiger partial charge in [0.15, 0.2) is 5.13 Å². The van der Waals surface area contributed by atoms with Crippen molar-refractivity contribution in [2.75, 3.05) is 11.4 Å². The Kier molecular flexibility index (Phi) is 7.49. The first-order chi connectivity index (χ1) is 14.8. The summed E-state index contributed by atoms with van der Waals surface area (Å²) in [5.74, 6) is -1.59. The fourth-order valence-electron chi connectivity index (χ4n) is 2.51. The number of benzene rings is 1. The van der Waals surface area contributed by atoms with Gasteiger partial charge in [0.2, 0.25) is 15.9 Å². The van der Waals surface area contributed by atoms with Crippen LogP contribution in [0.4, 0.5) is 15.2 Å². The predicted molar refractivity (Wildman–Crippen MR) is 115 cm³/mol. The molecule has 3 aromatic rings. The van der Waals surface area contributed by atoms with E-state index in [0.29, 0.717) is 5.69 Å². The number of hydrogen-bond acceptors (Lipinski definition) is 8. The Morgan fingerprint density at radius 3 is 2.65 bits per heavy atom. The number of thiophene rings is 1. The zero-order valence-corrected chi connectivity index (χ0v) is 18.7. The van der Waals surface area contributed by atoms with Crippen LogP contribution in [0.25, 0.3) is 0 Å². The first-order valence-electron chi connectivity index (χ1n) is 8.96. The van der Waals surface area contributed by atoms with Crippen LogP contribution in [0.1, 0.15) is 19.0 Å². The lowest BCUT2D eigenvalue weighted by atomic mass is 10.3. The van der Waals surface area contributed by atoms with Crippen LogP contribution in [0.5, 0.6) is 0 Å². The third kappa shape index (κ3) is 5.94. The van der Waals surface area contributed by atoms with Gasteiger partial charge < -0.3 is 4.74 Å². The fourth-order valence-corrected chi connectivity index (χ4v) is 5.44. The average molecular weight is 484 g/mol. The number of nitrogens with one attached hydrogen (secondary N) is 1. The molecule has 1 amide bonds. The van der Waals surface area contributed by atoms with E-state index < -0.39 is 27.7 Å². The van der Waals surface area contributed by atoms with E-state index >= 15 is 0 Å². The van der Waals surface area contributed by atoms with Crippen LogP contribution in [0.15, 0.2) is 51.4 Å². The first kappa shape index (κ1) is 23.0. The lowest BCUT2D eigenvalue weighted by Gasteiger charge is -2.18. The number of hydrogen-bond donors (Lipinski definition) is 1. The SMILES string of the molecule is CC(=O)N(c1nc(COC(=O)CCNS(=O)(=O)c2cccs2)cs1)c1ccccc1F. The van der Waals surface area contributed by atoms with Crippen molar-refractivity contribution >= 4 is 55.4 Å². The molecule has 1 aromatic carbocycles. The van der Waals surface area contributed by atoms with Crippen molar-refractivity contribution in [1.82, 2.24) is 9.71 Å². The van der Waals surface area contributed by atoms with E-state index in [1.807, 2.05) is 0 Å². The van der Waals surface area contributed by atoms with Crippen molar-refractivity contribution in [1.29, 1.82) is 0 Å². The molecule has 0 radical (unpaired) electrons.